The van der Waals surface area contributed by atoms with Crippen LogP contribution in [0.4, 0.5) is 0 Å². The minimum Gasteiger partial charge on any atom is -0.492 e. The highest BCUT2D eigenvalue weighted by molar-refractivity contribution is 5.79. The summed E-state index contributed by atoms with van der Waals surface area (Å²) in [5, 5.41) is 3.40. The lowest BCUT2D eigenvalue weighted by molar-refractivity contribution is 0.140. The van der Waals surface area contributed by atoms with Gasteiger partial charge in [0.15, 0.2) is 5.96 Å². The van der Waals surface area contributed by atoms with Crippen molar-refractivity contribution >= 4 is 5.96 Å². The molecule has 0 spiro atoms. The van der Waals surface area contributed by atoms with E-state index in [2.05, 4.69) is 48.0 Å². The summed E-state index contributed by atoms with van der Waals surface area (Å²) in [6.45, 7) is 13.4. The molecule has 152 valence electrons. The number of piperazine rings is 1. The van der Waals surface area contributed by atoms with Gasteiger partial charge in [-0.25, -0.2) is 0 Å². The average Bonchev–Trinajstić information content (AvgIpc) is 2.67. The van der Waals surface area contributed by atoms with Gasteiger partial charge in [-0.15, -0.1) is 0 Å². The van der Waals surface area contributed by atoms with Gasteiger partial charge >= 0.3 is 0 Å². The Kier molecular flexibility index (Phi) is 9.42. The quantitative estimate of drug-likeness (QED) is 0.527. The highest BCUT2D eigenvalue weighted by atomic mass is 16.5. The normalized spacial score (nSPS) is 17.6. The molecule has 0 bridgehead atoms. The van der Waals surface area contributed by atoms with Crippen LogP contribution < -0.4 is 10.1 Å². The number of ether oxygens (including phenoxy) is 1. The van der Waals surface area contributed by atoms with E-state index in [0.29, 0.717) is 12.5 Å². The number of para-hydroxylation sites is 1. The van der Waals surface area contributed by atoms with E-state index in [1.54, 1.807) is 0 Å². The van der Waals surface area contributed by atoms with Gasteiger partial charge in [-0.3, -0.25) is 4.99 Å². The van der Waals surface area contributed by atoms with Crippen molar-refractivity contribution in [3.63, 3.8) is 0 Å². The first kappa shape index (κ1) is 21.5. The van der Waals surface area contributed by atoms with Crippen LogP contribution in [0.25, 0.3) is 0 Å². The maximum Gasteiger partial charge on any atom is 0.193 e. The maximum atomic E-state index is 5.80. The zero-order valence-corrected chi connectivity index (χ0v) is 17.5. The lowest BCUT2D eigenvalue weighted by Crippen LogP contribution is -2.46. The second kappa shape index (κ2) is 11.8. The third kappa shape index (κ3) is 8.18. The Morgan fingerprint density at radius 1 is 1.22 bits per heavy atom. The van der Waals surface area contributed by atoms with Crippen molar-refractivity contribution in [2.75, 3.05) is 73.1 Å². The van der Waals surface area contributed by atoms with Crippen LogP contribution in [-0.2, 0) is 0 Å². The van der Waals surface area contributed by atoms with E-state index in [4.69, 9.17) is 9.73 Å². The Hall–Kier alpha value is -1.79. The van der Waals surface area contributed by atoms with Crippen LogP contribution in [0.2, 0.25) is 0 Å². The number of nitrogens with zero attached hydrogens (tertiary/aromatic N) is 4. The van der Waals surface area contributed by atoms with Gasteiger partial charge < -0.3 is 24.8 Å². The zero-order chi connectivity index (χ0) is 19.5. The SMILES string of the molecule is CCNC(=NCC(C)CN1CCN(C)CC1)N(C)CCOc1ccccc1. The van der Waals surface area contributed by atoms with Crippen LogP contribution in [-0.4, -0.2) is 93.7 Å². The molecule has 1 fully saturated rings. The molecule has 0 amide bonds. The predicted octanol–water partition coefficient (Wildman–Crippen LogP) is 1.85. The van der Waals surface area contributed by atoms with Crippen molar-refractivity contribution in [2.45, 2.75) is 13.8 Å². The molecule has 1 atom stereocenters. The minimum atomic E-state index is 0.552. The fourth-order valence-electron chi connectivity index (χ4n) is 3.16. The molecule has 0 aromatic heterocycles. The van der Waals surface area contributed by atoms with Gasteiger partial charge in [0.05, 0.1) is 6.54 Å². The van der Waals surface area contributed by atoms with E-state index < -0.39 is 0 Å². The van der Waals surface area contributed by atoms with Gasteiger partial charge in [0.1, 0.15) is 12.4 Å². The number of hydrogen-bond acceptors (Lipinski definition) is 4. The summed E-state index contributed by atoms with van der Waals surface area (Å²) in [6, 6.07) is 9.95. The number of rotatable bonds is 9. The van der Waals surface area contributed by atoms with Gasteiger partial charge in [0, 0.05) is 52.9 Å². The first-order valence-corrected chi connectivity index (χ1v) is 10.2. The van der Waals surface area contributed by atoms with E-state index in [9.17, 15) is 0 Å². The Morgan fingerprint density at radius 3 is 2.59 bits per heavy atom. The monoisotopic (exact) mass is 375 g/mol. The molecular formula is C21H37N5O. The van der Waals surface area contributed by atoms with Crippen molar-refractivity contribution in [3.05, 3.63) is 30.3 Å². The largest absolute Gasteiger partial charge is 0.492 e. The zero-order valence-electron chi connectivity index (χ0n) is 17.5. The van der Waals surface area contributed by atoms with Gasteiger partial charge in [0.25, 0.3) is 0 Å². The van der Waals surface area contributed by atoms with Gasteiger partial charge in [-0.05, 0) is 32.0 Å². The highest BCUT2D eigenvalue weighted by Crippen LogP contribution is 2.08. The van der Waals surface area contributed by atoms with Crippen molar-refractivity contribution in [2.24, 2.45) is 10.9 Å². The summed E-state index contributed by atoms with van der Waals surface area (Å²) in [4.78, 5) is 12.0. The van der Waals surface area contributed by atoms with Gasteiger partial charge in [-0.1, -0.05) is 25.1 Å². The molecule has 0 saturated carbocycles. The second-order valence-electron chi connectivity index (χ2n) is 7.49. The first-order valence-electron chi connectivity index (χ1n) is 10.2. The fourth-order valence-corrected chi connectivity index (χ4v) is 3.16. The molecule has 1 unspecified atom stereocenters. The fraction of sp³-hybridized carbons (Fsp3) is 0.667. The highest BCUT2D eigenvalue weighted by Gasteiger charge is 2.16. The molecule has 1 N–H and O–H groups in total. The van der Waals surface area contributed by atoms with Gasteiger partial charge in [-0.2, -0.15) is 0 Å². The molecule has 0 aliphatic carbocycles. The van der Waals surface area contributed by atoms with E-state index in [1.165, 1.54) is 26.2 Å². The molecule has 1 aliphatic rings. The predicted molar refractivity (Wildman–Crippen MR) is 114 cm³/mol. The summed E-state index contributed by atoms with van der Waals surface area (Å²) in [6.07, 6.45) is 0. The summed E-state index contributed by atoms with van der Waals surface area (Å²) in [7, 11) is 4.27. The molecular weight excluding hydrogens is 338 g/mol. The summed E-state index contributed by atoms with van der Waals surface area (Å²) in [5.74, 6) is 2.42. The molecule has 1 heterocycles. The molecule has 1 saturated heterocycles. The van der Waals surface area contributed by atoms with E-state index in [1.807, 2.05) is 30.3 Å². The smallest absolute Gasteiger partial charge is 0.193 e. The lowest BCUT2D eigenvalue weighted by Gasteiger charge is -2.33. The van der Waals surface area contributed by atoms with Crippen LogP contribution in [0.5, 0.6) is 5.75 Å². The average molecular weight is 376 g/mol. The number of nitrogens with one attached hydrogen (secondary N) is 1. The third-order valence-corrected chi connectivity index (χ3v) is 4.85. The maximum absolute atomic E-state index is 5.80. The second-order valence-corrected chi connectivity index (χ2v) is 7.49. The first-order chi connectivity index (χ1) is 13.1. The molecule has 27 heavy (non-hydrogen) atoms. The number of likely N-dealkylation sites (N-methyl/N-ethyl adjacent to an activating group) is 2. The molecule has 0 radical (unpaired) electrons. The van der Waals surface area contributed by atoms with E-state index >= 15 is 0 Å². The molecule has 1 aromatic rings. The molecule has 6 heteroatoms. The lowest BCUT2D eigenvalue weighted by atomic mass is 10.1. The summed E-state index contributed by atoms with van der Waals surface area (Å²) in [5.41, 5.74) is 0. The van der Waals surface area contributed by atoms with Crippen LogP contribution in [0.1, 0.15) is 13.8 Å². The van der Waals surface area contributed by atoms with Crippen LogP contribution in [0.15, 0.2) is 35.3 Å². The molecule has 2 rings (SSSR count). The Labute approximate surface area is 165 Å². The van der Waals surface area contributed by atoms with Crippen LogP contribution in [0, 0.1) is 5.92 Å². The topological polar surface area (TPSA) is 43.3 Å². The Morgan fingerprint density at radius 2 is 1.93 bits per heavy atom. The minimum absolute atomic E-state index is 0.552. The van der Waals surface area contributed by atoms with Crippen LogP contribution in [0.3, 0.4) is 0 Å². The summed E-state index contributed by atoms with van der Waals surface area (Å²) >= 11 is 0. The van der Waals surface area contributed by atoms with Crippen molar-refractivity contribution in [1.82, 2.24) is 20.0 Å². The van der Waals surface area contributed by atoms with Crippen molar-refractivity contribution < 1.29 is 4.74 Å². The Bertz CT molecular complexity index is 543. The van der Waals surface area contributed by atoms with E-state index in [-0.39, 0.29) is 0 Å². The summed E-state index contributed by atoms with van der Waals surface area (Å²) < 4.78 is 5.80. The number of guanidine groups is 1. The van der Waals surface area contributed by atoms with E-state index in [0.717, 1.165) is 37.9 Å². The number of benzene rings is 1. The molecule has 1 aromatic carbocycles. The number of aliphatic imine (C=N–C) groups is 1. The van der Waals surface area contributed by atoms with Gasteiger partial charge in [0.2, 0.25) is 0 Å². The molecule has 1 aliphatic heterocycles. The van der Waals surface area contributed by atoms with Crippen molar-refractivity contribution in [3.8, 4) is 5.75 Å². The Balaban J connectivity index is 1.75. The standard InChI is InChI=1S/C21H37N5O/c1-5-22-21(25(4)15-16-27-20-9-7-6-8-10-20)23-17-19(2)18-26-13-11-24(3)12-14-26/h6-10,19H,5,11-18H2,1-4H3,(H,22,23). The van der Waals surface area contributed by atoms with Crippen molar-refractivity contribution in [1.29, 1.82) is 0 Å². The van der Waals surface area contributed by atoms with Crippen LogP contribution >= 0.6 is 0 Å². The number of hydrogen-bond donors (Lipinski definition) is 1. The molecule has 6 nitrogen and oxygen atoms in total. The third-order valence-electron chi connectivity index (χ3n) is 4.85.